The average Bonchev–Trinajstić information content (AvgIpc) is 2.33. The Balaban J connectivity index is 2.02. The molecule has 1 atom stereocenters. The number of nitriles is 1. The van der Waals surface area contributed by atoms with Crippen molar-refractivity contribution in [3.8, 4) is 6.07 Å². The molecular formula is C12H16N4. The van der Waals surface area contributed by atoms with Crippen LogP contribution in [-0.2, 0) is 0 Å². The minimum Gasteiger partial charge on any atom is -0.318 e. The van der Waals surface area contributed by atoms with Gasteiger partial charge in [-0.2, -0.15) is 5.26 Å². The Labute approximate surface area is 96.0 Å². The van der Waals surface area contributed by atoms with Gasteiger partial charge in [-0.25, -0.2) is 5.01 Å². The lowest BCUT2D eigenvalue weighted by Crippen LogP contribution is -2.53. The topological polar surface area (TPSA) is 42.3 Å². The van der Waals surface area contributed by atoms with Gasteiger partial charge < -0.3 is 10.3 Å². The lowest BCUT2D eigenvalue weighted by Gasteiger charge is -2.36. The molecule has 1 saturated heterocycles. The number of hydrazine groups is 1. The van der Waals surface area contributed by atoms with Crippen molar-refractivity contribution in [1.82, 2.24) is 9.91 Å². The Kier molecular flexibility index (Phi) is 3.40. The number of benzene rings is 1. The van der Waals surface area contributed by atoms with Crippen LogP contribution in [0.3, 0.4) is 0 Å². The summed E-state index contributed by atoms with van der Waals surface area (Å²) in [5.74, 6) is 0. The summed E-state index contributed by atoms with van der Waals surface area (Å²) in [4.78, 5) is 2.18. The van der Waals surface area contributed by atoms with Crippen molar-refractivity contribution < 1.29 is 0 Å². The number of anilines is 1. The predicted molar refractivity (Wildman–Crippen MR) is 63.7 cm³/mol. The highest BCUT2D eigenvalue weighted by Gasteiger charge is 2.24. The Morgan fingerprint density at radius 2 is 2.06 bits per heavy atom. The van der Waals surface area contributed by atoms with E-state index in [1.165, 1.54) is 0 Å². The quantitative estimate of drug-likeness (QED) is 0.805. The van der Waals surface area contributed by atoms with E-state index in [2.05, 4.69) is 16.4 Å². The van der Waals surface area contributed by atoms with E-state index in [-0.39, 0.29) is 6.04 Å². The zero-order valence-electron chi connectivity index (χ0n) is 9.43. The Hall–Kier alpha value is -1.57. The highest BCUT2D eigenvalue weighted by molar-refractivity contribution is 5.41. The molecule has 1 N–H and O–H groups in total. The van der Waals surface area contributed by atoms with Crippen LogP contribution in [0.1, 0.15) is 0 Å². The molecule has 84 valence electrons. The second kappa shape index (κ2) is 4.97. The highest BCUT2D eigenvalue weighted by atomic mass is 15.5. The molecule has 0 bridgehead atoms. The standard InChI is InChI=1S/C12H16N4/c1-15-7-8-16(12(9-13)10-15)14-11-5-3-2-4-6-11/h2-6,12,14H,7-8,10H2,1H3/t12-/m1/s1. The summed E-state index contributed by atoms with van der Waals surface area (Å²) >= 11 is 0. The van der Waals surface area contributed by atoms with Crippen LogP contribution in [-0.4, -0.2) is 42.6 Å². The minimum atomic E-state index is -0.0843. The largest absolute Gasteiger partial charge is 0.318 e. The summed E-state index contributed by atoms with van der Waals surface area (Å²) in [7, 11) is 2.05. The van der Waals surface area contributed by atoms with Crippen LogP contribution in [0.5, 0.6) is 0 Å². The van der Waals surface area contributed by atoms with Gasteiger partial charge in [0, 0.05) is 25.3 Å². The molecule has 1 aliphatic heterocycles. The first-order chi connectivity index (χ1) is 7.79. The van der Waals surface area contributed by atoms with Crippen LogP contribution in [0.25, 0.3) is 0 Å². The van der Waals surface area contributed by atoms with Crippen molar-refractivity contribution in [1.29, 1.82) is 5.26 Å². The van der Waals surface area contributed by atoms with E-state index in [4.69, 9.17) is 5.26 Å². The van der Waals surface area contributed by atoms with E-state index in [0.717, 1.165) is 25.3 Å². The molecule has 0 saturated carbocycles. The SMILES string of the molecule is CN1CCN(Nc2ccccc2)[C@H](C#N)C1. The van der Waals surface area contributed by atoms with Gasteiger partial charge in [0.15, 0.2) is 0 Å². The lowest BCUT2D eigenvalue weighted by atomic mass is 10.2. The van der Waals surface area contributed by atoms with Gasteiger partial charge in [-0.3, -0.25) is 0 Å². The number of nitrogens with zero attached hydrogens (tertiary/aromatic N) is 3. The van der Waals surface area contributed by atoms with E-state index in [1.807, 2.05) is 42.4 Å². The minimum absolute atomic E-state index is 0.0843. The molecule has 16 heavy (non-hydrogen) atoms. The second-order valence-electron chi connectivity index (χ2n) is 4.08. The van der Waals surface area contributed by atoms with Crippen LogP contribution >= 0.6 is 0 Å². The van der Waals surface area contributed by atoms with Crippen molar-refractivity contribution in [2.75, 3.05) is 32.1 Å². The summed E-state index contributed by atoms with van der Waals surface area (Å²) in [6, 6.07) is 12.2. The summed E-state index contributed by atoms with van der Waals surface area (Å²) in [6.07, 6.45) is 0. The second-order valence-corrected chi connectivity index (χ2v) is 4.08. The van der Waals surface area contributed by atoms with Gasteiger partial charge in [0.25, 0.3) is 0 Å². The fraction of sp³-hybridized carbons (Fsp3) is 0.417. The van der Waals surface area contributed by atoms with E-state index < -0.39 is 0 Å². The molecule has 1 aliphatic rings. The van der Waals surface area contributed by atoms with E-state index >= 15 is 0 Å². The van der Waals surface area contributed by atoms with Gasteiger partial charge in [-0.1, -0.05) is 18.2 Å². The molecule has 1 heterocycles. The van der Waals surface area contributed by atoms with Crippen LogP contribution in [0.15, 0.2) is 30.3 Å². The lowest BCUT2D eigenvalue weighted by molar-refractivity contribution is 0.143. The number of nitrogens with one attached hydrogen (secondary N) is 1. The first kappa shape index (κ1) is 10.9. The molecule has 1 aromatic carbocycles. The smallest absolute Gasteiger partial charge is 0.128 e. The highest BCUT2D eigenvalue weighted by Crippen LogP contribution is 2.12. The van der Waals surface area contributed by atoms with Crippen LogP contribution < -0.4 is 5.43 Å². The normalized spacial score (nSPS) is 22.6. The molecule has 0 unspecified atom stereocenters. The van der Waals surface area contributed by atoms with Crippen molar-refractivity contribution in [3.05, 3.63) is 30.3 Å². The molecule has 0 spiro atoms. The monoisotopic (exact) mass is 216 g/mol. The molecule has 2 rings (SSSR count). The molecule has 1 fully saturated rings. The Morgan fingerprint density at radius 3 is 2.75 bits per heavy atom. The van der Waals surface area contributed by atoms with Gasteiger partial charge in [-0.15, -0.1) is 0 Å². The fourth-order valence-electron chi connectivity index (χ4n) is 1.84. The number of rotatable bonds is 2. The maximum atomic E-state index is 9.10. The Morgan fingerprint density at radius 1 is 1.31 bits per heavy atom. The van der Waals surface area contributed by atoms with Crippen molar-refractivity contribution in [2.45, 2.75) is 6.04 Å². The van der Waals surface area contributed by atoms with Crippen molar-refractivity contribution in [2.24, 2.45) is 0 Å². The van der Waals surface area contributed by atoms with Gasteiger partial charge in [-0.05, 0) is 19.2 Å². The molecule has 0 amide bonds. The van der Waals surface area contributed by atoms with Crippen molar-refractivity contribution in [3.63, 3.8) is 0 Å². The van der Waals surface area contributed by atoms with Gasteiger partial charge in [0.05, 0.1) is 6.07 Å². The first-order valence-electron chi connectivity index (χ1n) is 5.46. The average molecular weight is 216 g/mol. The summed E-state index contributed by atoms with van der Waals surface area (Å²) in [5, 5.41) is 11.1. The van der Waals surface area contributed by atoms with Gasteiger partial charge in [0.1, 0.15) is 6.04 Å². The molecule has 4 heteroatoms. The molecule has 0 aliphatic carbocycles. The fourth-order valence-corrected chi connectivity index (χ4v) is 1.84. The van der Waals surface area contributed by atoms with E-state index in [0.29, 0.717) is 0 Å². The number of para-hydroxylation sites is 1. The third kappa shape index (κ3) is 2.51. The zero-order chi connectivity index (χ0) is 11.4. The van der Waals surface area contributed by atoms with Crippen molar-refractivity contribution >= 4 is 5.69 Å². The molecular weight excluding hydrogens is 200 g/mol. The number of hydrogen-bond acceptors (Lipinski definition) is 4. The third-order valence-electron chi connectivity index (χ3n) is 2.78. The third-order valence-corrected chi connectivity index (χ3v) is 2.78. The molecule has 0 aromatic heterocycles. The summed E-state index contributed by atoms with van der Waals surface area (Å²) in [5.41, 5.74) is 4.32. The first-order valence-corrected chi connectivity index (χ1v) is 5.46. The molecule has 1 aromatic rings. The van der Waals surface area contributed by atoms with Gasteiger partial charge >= 0.3 is 0 Å². The zero-order valence-corrected chi connectivity index (χ0v) is 9.43. The maximum Gasteiger partial charge on any atom is 0.128 e. The van der Waals surface area contributed by atoms with E-state index in [1.54, 1.807) is 0 Å². The predicted octanol–water partition coefficient (Wildman–Crippen LogP) is 1.15. The van der Waals surface area contributed by atoms with Crippen LogP contribution in [0, 0.1) is 11.3 Å². The maximum absolute atomic E-state index is 9.10. The Bertz CT molecular complexity index is 370. The number of hydrogen-bond donors (Lipinski definition) is 1. The van der Waals surface area contributed by atoms with Crippen LogP contribution in [0.4, 0.5) is 5.69 Å². The van der Waals surface area contributed by atoms with Crippen LogP contribution in [0.2, 0.25) is 0 Å². The number of likely N-dealkylation sites (N-methyl/N-ethyl adjacent to an activating group) is 1. The van der Waals surface area contributed by atoms with Gasteiger partial charge in [0.2, 0.25) is 0 Å². The summed E-state index contributed by atoms with van der Waals surface area (Å²) in [6.45, 7) is 2.64. The molecule has 0 radical (unpaired) electrons. The van der Waals surface area contributed by atoms with E-state index in [9.17, 15) is 0 Å². The summed E-state index contributed by atoms with van der Waals surface area (Å²) < 4.78 is 0. The number of piperazine rings is 1. The molecule has 4 nitrogen and oxygen atoms in total.